The molecule has 2 N–H and O–H groups in total. The Hall–Kier alpha value is -2.63. The maximum Gasteiger partial charge on any atom is 0.315 e. The van der Waals surface area contributed by atoms with E-state index in [0.29, 0.717) is 25.1 Å². The predicted molar refractivity (Wildman–Crippen MR) is 92.6 cm³/mol. The lowest BCUT2D eigenvalue weighted by Gasteiger charge is -2.15. The van der Waals surface area contributed by atoms with Gasteiger partial charge in [0.15, 0.2) is 11.6 Å². The molecule has 2 aromatic rings. The van der Waals surface area contributed by atoms with Crippen LogP contribution in [0.25, 0.3) is 0 Å². The molecule has 0 aliphatic heterocycles. The van der Waals surface area contributed by atoms with Crippen molar-refractivity contribution in [2.24, 2.45) is 0 Å². The van der Waals surface area contributed by atoms with Crippen molar-refractivity contribution in [3.8, 4) is 5.75 Å². The lowest BCUT2D eigenvalue weighted by atomic mass is 10.1. The van der Waals surface area contributed by atoms with Crippen molar-refractivity contribution in [3.63, 3.8) is 0 Å². The molecule has 0 heterocycles. The molecule has 2 rings (SSSR count). The molecule has 0 spiro atoms. The summed E-state index contributed by atoms with van der Waals surface area (Å²) in [6, 6.07) is 10.5. The molecule has 0 aromatic heterocycles. The zero-order chi connectivity index (χ0) is 18.2. The van der Waals surface area contributed by atoms with E-state index in [4.69, 9.17) is 4.74 Å². The van der Waals surface area contributed by atoms with Gasteiger partial charge in [0.1, 0.15) is 5.75 Å². The van der Waals surface area contributed by atoms with Crippen LogP contribution in [0.3, 0.4) is 0 Å². The van der Waals surface area contributed by atoms with Crippen LogP contribution < -0.4 is 15.4 Å². The summed E-state index contributed by atoms with van der Waals surface area (Å²) in [6.45, 7) is 4.64. The molecule has 0 radical (unpaired) electrons. The normalized spacial score (nSPS) is 11.7. The smallest absolute Gasteiger partial charge is 0.315 e. The first-order valence-electron chi connectivity index (χ1n) is 8.14. The first kappa shape index (κ1) is 18.7. The molecule has 1 atom stereocenters. The summed E-state index contributed by atoms with van der Waals surface area (Å²) >= 11 is 0. The van der Waals surface area contributed by atoms with E-state index >= 15 is 0 Å². The van der Waals surface area contributed by atoms with Crippen molar-refractivity contribution in [2.45, 2.75) is 26.3 Å². The predicted octanol–water partition coefficient (Wildman–Crippen LogP) is 4.10. The summed E-state index contributed by atoms with van der Waals surface area (Å²) in [6.07, 6.45) is 0.654. The lowest BCUT2D eigenvalue weighted by molar-refractivity contribution is 0.236. The molecule has 0 bridgehead atoms. The highest BCUT2D eigenvalue weighted by atomic mass is 19.2. The monoisotopic (exact) mass is 348 g/mol. The summed E-state index contributed by atoms with van der Waals surface area (Å²) in [5.41, 5.74) is 1.66. The molecular weight excluding hydrogens is 326 g/mol. The Morgan fingerprint density at radius 3 is 2.52 bits per heavy atom. The fraction of sp³-hybridized carbons (Fsp3) is 0.316. The first-order chi connectivity index (χ1) is 12.0. The number of amides is 2. The van der Waals surface area contributed by atoms with Gasteiger partial charge in [-0.2, -0.15) is 0 Å². The molecule has 134 valence electrons. The number of ether oxygens (including phenoxy) is 1. The summed E-state index contributed by atoms with van der Waals surface area (Å²) in [4.78, 5) is 11.8. The first-order valence-corrected chi connectivity index (χ1v) is 8.14. The van der Waals surface area contributed by atoms with Crippen LogP contribution in [0.2, 0.25) is 0 Å². The van der Waals surface area contributed by atoms with Gasteiger partial charge >= 0.3 is 6.03 Å². The van der Waals surface area contributed by atoms with Gasteiger partial charge in [0, 0.05) is 6.54 Å². The molecule has 0 fully saturated rings. The van der Waals surface area contributed by atoms with Gasteiger partial charge in [0.2, 0.25) is 0 Å². The third-order valence-electron chi connectivity index (χ3n) is 3.69. The molecule has 1 unspecified atom stereocenters. The van der Waals surface area contributed by atoms with E-state index in [1.165, 1.54) is 11.6 Å². The average Bonchev–Trinajstić information content (AvgIpc) is 2.58. The molecule has 25 heavy (non-hydrogen) atoms. The van der Waals surface area contributed by atoms with Gasteiger partial charge in [0.05, 0.1) is 12.6 Å². The van der Waals surface area contributed by atoms with Crippen molar-refractivity contribution in [1.29, 1.82) is 0 Å². The molecule has 0 aliphatic rings. The summed E-state index contributed by atoms with van der Waals surface area (Å²) in [7, 11) is 0. The van der Waals surface area contributed by atoms with Gasteiger partial charge in [-0.25, -0.2) is 13.6 Å². The standard InChI is InChI=1S/C19H22F2N2O2/c1-13-4-7-16(8-5-13)25-11-3-10-22-19(24)23-14(2)15-6-9-17(20)18(21)12-15/h4-9,12,14H,3,10-11H2,1-2H3,(H2,22,23,24). The van der Waals surface area contributed by atoms with Crippen LogP contribution in [0.15, 0.2) is 42.5 Å². The number of nitrogens with one attached hydrogen (secondary N) is 2. The Labute approximate surface area is 146 Å². The Morgan fingerprint density at radius 2 is 1.84 bits per heavy atom. The van der Waals surface area contributed by atoms with Crippen molar-refractivity contribution in [2.75, 3.05) is 13.2 Å². The summed E-state index contributed by atoms with van der Waals surface area (Å²) < 4.78 is 31.7. The van der Waals surface area contributed by atoms with Gasteiger partial charge in [-0.1, -0.05) is 23.8 Å². The van der Waals surface area contributed by atoms with Gasteiger partial charge in [-0.05, 0) is 50.1 Å². The van der Waals surface area contributed by atoms with E-state index in [9.17, 15) is 13.6 Å². The second-order valence-electron chi connectivity index (χ2n) is 5.81. The molecular formula is C19H22F2N2O2. The van der Waals surface area contributed by atoms with E-state index in [1.54, 1.807) is 6.92 Å². The number of rotatable bonds is 7. The Bertz CT molecular complexity index is 705. The molecule has 0 saturated heterocycles. The highest BCUT2D eigenvalue weighted by molar-refractivity contribution is 5.74. The molecule has 0 saturated carbocycles. The highest BCUT2D eigenvalue weighted by Crippen LogP contribution is 2.15. The van der Waals surface area contributed by atoms with Gasteiger partial charge in [-0.15, -0.1) is 0 Å². The fourth-order valence-corrected chi connectivity index (χ4v) is 2.21. The number of aryl methyl sites for hydroxylation is 1. The number of benzene rings is 2. The van der Waals surface area contributed by atoms with Crippen molar-refractivity contribution in [3.05, 3.63) is 65.2 Å². The Kier molecular flexibility index (Phi) is 6.74. The number of carbonyl (C=O) groups is 1. The summed E-state index contributed by atoms with van der Waals surface area (Å²) in [5.74, 6) is -1.05. The van der Waals surface area contributed by atoms with E-state index in [2.05, 4.69) is 10.6 Å². The van der Waals surface area contributed by atoms with Crippen LogP contribution in [0, 0.1) is 18.6 Å². The molecule has 4 nitrogen and oxygen atoms in total. The van der Waals surface area contributed by atoms with Crippen LogP contribution in [0.1, 0.15) is 30.5 Å². The number of halogens is 2. The van der Waals surface area contributed by atoms with Crippen LogP contribution in [-0.2, 0) is 0 Å². The minimum Gasteiger partial charge on any atom is -0.494 e. The third kappa shape index (κ3) is 6.06. The van der Waals surface area contributed by atoms with Gasteiger partial charge in [-0.3, -0.25) is 0 Å². The van der Waals surface area contributed by atoms with E-state index in [-0.39, 0.29) is 6.03 Å². The van der Waals surface area contributed by atoms with Crippen molar-refractivity contribution >= 4 is 6.03 Å². The van der Waals surface area contributed by atoms with Crippen LogP contribution in [0.5, 0.6) is 5.75 Å². The van der Waals surface area contributed by atoms with Crippen molar-refractivity contribution < 1.29 is 18.3 Å². The third-order valence-corrected chi connectivity index (χ3v) is 3.69. The highest BCUT2D eigenvalue weighted by Gasteiger charge is 2.11. The topological polar surface area (TPSA) is 50.4 Å². The van der Waals surface area contributed by atoms with E-state index < -0.39 is 17.7 Å². The number of carbonyl (C=O) groups excluding carboxylic acids is 1. The maximum absolute atomic E-state index is 13.2. The van der Waals surface area contributed by atoms with Crippen LogP contribution in [-0.4, -0.2) is 19.2 Å². The van der Waals surface area contributed by atoms with Gasteiger partial charge < -0.3 is 15.4 Å². The van der Waals surface area contributed by atoms with Crippen LogP contribution in [0.4, 0.5) is 13.6 Å². The maximum atomic E-state index is 13.2. The zero-order valence-corrected chi connectivity index (χ0v) is 14.3. The molecule has 2 amide bonds. The largest absolute Gasteiger partial charge is 0.494 e. The quantitative estimate of drug-likeness (QED) is 0.740. The van der Waals surface area contributed by atoms with Gasteiger partial charge in [0.25, 0.3) is 0 Å². The second kappa shape index (κ2) is 9.01. The molecule has 2 aromatic carbocycles. The molecule has 6 heteroatoms. The SMILES string of the molecule is Cc1ccc(OCCCNC(=O)NC(C)c2ccc(F)c(F)c2)cc1. The Morgan fingerprint density at radius 1 is 1.12 bits per heavy atom. The van der Waals surface area contributed by atoms with E-state index in [0.717, 1.165) is 17.9 Å². The Balaban J connectivity index is 1.66. The minimum atomic E-state index is -0.931. The fourth-order valence-electron chi connectivity index (χ4n) is 2.21. The zero-order valence-electron chi connectivity index (χ0n) is 14.3. The number of hydrogen-bond donors (Lipinski definition) is 2. The average molecular weight is 348 g/mol. The number of hydrogen-bond acceptors (Lipinski definition) is 2. The summed E-state index contributed by atoms with van der Waals surface area (Å²) in [5, 5.41) is 5.38. The second-order valence-corrected chi connectivity index (χ2v) is 5.81. The lowest BCUT2D eigenvalue weighted by Crippen LogP contribution is -2.37. The van der Waals surface area contributed by atoms with E-state index in [1.807, 2.05) is 31.2 Å². The minimum absolute atomic E-state index is 0.368. The number of urea groups is 1. The van der Waals surface area contributed by atoms with Crippen LogP contribution >= 0.6 is 0 Å². The molecule has 0 aliphatic carbocycles. The van der Waals surface area contributed by atoms with Crippen molar-refractivity contribution in [1.82, 2.24) is 10.6 Å².